The SMILES string of the molecule is C=C1CCc2ccc(CC)cc2N1CCCCC. The number of hydrogen-bond donors (Lipinski definition) is 0. The maximum absolute atomic E-state index is 4.25. The summed E-state index contributed by atoms with van der Waals surface area (Å²) in [7, 11) is 0. The normalized spacial score (nSPS) is 14.8. The van der Waals surface area contributed by atoms with E-state index >= 15 is 0 Å². The van der Waals surface area contributed by atoms with Crippen molar-refractivity contribution in [2.75, 3.05) is 11.4 Å². The van der Waals surface area contributed by atoms with E-state index in [1.165, 1.54) is 41.8 Å². The van der Waals surface area contributed by atoms with E-state index in [0.29, 0.717) is 0 Å². The molecule has 1 aromatic carbocycles. The van der Waals surface area contributed by atoms with E-state index in [9.17, 15) is 0 Å². The number of fused-ring (bicyclic) bond motifs is 1. The van der Waals surface area contributed by atoms with Crippen molar-refractivity contribution in [3.8, 4) is 0 Å². The van der Waals surface area contributed by atoms with Gasteiger partial charge in [0.25, 0.3) is 0 Å². The minimum atomic E-state index is 1.11. The first-order valence-corrected chi connectivity index (χ1v) is 7.33. The molecule has 1 aromatic rings. The zero-order valence-electron chi connectivity index (χ0n) is 11.8. The standard InChI is InChI=1S/C17H25N/c1-4-6-7-12-18-14(3)8-10-16-11-9-15(5-2)13-17(16)18/h9,11,13H,3-8,10,12H2,1-2H3. The average molecular weight is 243 g/mol. The largest absolute Gasteiger partial charge is 0.345 e. The third-order valence-electron chi connectivity index (χ3n) is 3.90. The van der Waals surface area contributed by atoms with Crippen molar-refractivity contribution in [2.45, 2.75) is 52.4 Å². The molecule has 1 heterocycles. The Balaban J connectivity index is 2.21. The molecular weight excluding hydrogens is 218 g/mol. The van der Waals surface area contributed by atoms with Gasteiger partial charge in [-0.2, -0.15) is 0 Å². The smallest absolute Gasteiger partial charge is 0.0443 e. The number of nitrogens with zero attached hydrogens (tertiary/aromatic N) is 1. The maximum Gasteiger partial charge on any atom is 0.0443 e. The van der Waals surface area contributed by atoms with Crippen LogP contribution in [0, 0.1) is 0 Å². The van der Waals surface area contributed by atoms with Crippen LogP contribution in [0.15, 0.2) is 30.5 Å². The minimum absolute atomic E-state index is 1.11. The van der Waals surface area contributed by atoms with Gasteiger partial charge in [-0.05, 0) is 42.9 Å². The van der Waals surface area contributed by atoms with Gasteiger partial charge < -0.3 is 4.90 Å². The molecule has 1 aliphatic rings. The summed E-state index contributed by atoms with van der Waals surface area (Å²) in [5.74, 6) is 0. The van der Waals surface area contributed by atoms with Gasteiger partial charge in [0.15, 0.2) is 0 Å². The van der Waals surface area contributed by atoms with Crippen molar-refractivity contribution in [3.05, 3.63) is 41.6 Å². The van der Waals surface area contributed by atoms with Gasteiger partial charge in [-0.15, -0.1) is 0 Å². The summed E-state index contributed by atoms with van der Waals surface area (Å²) in [5.41, 5.74) is 5.65. The van der Waals surface area contributed by atoms with Gasteiger partial charge in [0, 0.05) is 17.9 Å². The molecule has 0 aromatic heterocycles. The van der Waals surface area contributed by atoms with E-state index in [-0.39, 0.29) is 0 Å². The molecule has 1 aliphatic heterocycles. The van der Waals surface area contributed by atoms with Crippen molar-refractivity contribution < 1.29 is 0 Å². The fourth-order valence-corrected chi connectivity index (χ4v) is 2.67. The van der Waals surface area contributed by atoms with E-state index in [1.807, 2.05) is 0 Å². The van der Waals surface area contributed by atoms with E-state index in [1.54, 1.807) is 0 Å². The highest BCUT2D eigenvalue weighted by Crippen LogP contribution is 2.33. The van der Waals surface area contributed by atoms with Crippen LogP contribution in [-0.2, 0) is 12.8 Å². The van der Waals surface area contributed by atoms with Crippen LogP contribution < -0.4 is 4.90 Å². The molecule has 0 amide bonds. The predicted octanol–water partition coefficient (Wildman–Crippen LogP) is 4.71. The molecule has 98 valence electrons. The van der Waals surface area contributed by atoms with Crippen LogP contribution in [0.5, 0.6) is 0 Å². The molecule has 0 bridgehead atoms. The molecule has 1 nitrogen and oxygen atoms in total. The predicted molar refractivity (Wildman–Crippen MR) is 80.2 cm³/mol. The lowest BCUT2D eigenvalue weighted by molar-refractivity contribution is 0.682. The molecule has 0 N–H and O–H groups in total. The third kappa shape index (κ3) is 2.77. The first kappa shape index (κ1) is 13.2. The average Bonchev–Trinajstić information content (AvgIpc) is 2.41. The molecule has 0 fully saturated rings. The zero-order valence-corrected chi connectivity index (χ0v) is 11.8. The second-order valence-electron chi connectivity index (χ2n) is 5.24. The van der Waals surface area contributed by atoms with Crippen LogP contribution in [0.4, 0.5) is 5.69 Å². The molecule has 18 heavy (non-hydrogen) atoms. The fourth-order valence-electron chi connectivity index (χ4n) is 2.67. The van der Waals surface area contributed by atoms with Crippen LogP contribution >= 0.6 is 0 Å². The van der Waals surface area contributed by atoms with Crippen LogP contribution in [0.25, 0.3) is 0 Å². The summed E-state index contributed by atoms with van der Waals surface area (Å²) < 4.78 is 0. The van der Waals surface area contributed by atoms with Gasteiger partial charge in [-0.1, -0.05) is 45.4 Å². The summed E-state index contributed by atoms with van der Waals surface area (Å²) in [5, 5.41) is 0. The molecule has 2 rings (SSSR count). The quantitative estimate of drug-likeness (QED) is 0.677. The number of unbranched alkanes of at least 4 members (excludes halogenated alkanes) is 2. The van der Waals surface area contributed by atoms with Crippen LogP contribution in [0.3, 0.4) is 0 Å². The number of allylic oxidation sites excluding steroid dienone is 1. The van der Waals surface area contributed by atoms with Crippen molar-refractivity contribution in [2.24, 2.45) is 0 Å². The van der Waals surface area contributed by atoms with Crippen LogP contribution in [0.2, 0.25) is 0 Å². The minimum Gasteiger partial charge on any atom is -0.345 e. The molecule has 0 saturated carbocycles. The second-order valence-corrected chi connectivity index (χ2v) is 5.24. The maximum atomic E-state index is 4.25. The van der Waals surface area contributed by atoms with Gasteiger partial charge in [0.05, 0.1) is 0 Å². The van der Waals surface area contributed by atoms with Gasteiger partial charge in [0.2, 0.25) is 0 Å². The van der Waals surface area contributed by atoms with Crippen molar-refractivity contribution in [3.63, 3.8) is 0 Å². The Morgan fingerprint density at radius 2 is 2.00 bits per heavy atom. The summed E-state index contributed by atoms with van der Waals surface area (Å²) in [6.45, 7) is 9.87. The molecule has 0 radical (unpaired) electrons. The van der Waals surface area contributed by atoms with Crippen molar-refractivity contribution in [1.29, 1.82) is 0 Å². The number of hydrogen-bond acceptors (Lipinski definition) is 1. The summed E-state index contributed by atoms with van der Waals surface area (Å²) in [6.07, 6.45) is 7.25. The number of rotatable bonds is 5. The lowest BCUT2D eigenvalue weighted by atomic mass is 9.97. The highest BCUT2D eigenvalue weighted by atomic mass is 15.1. The second kappa shape index (κ2) is 6.08. The summed E-state index contributed by atoms with van der Waals surface area (Å²) >= 11 is 0. The first-order chi connectivity index (χ1) is 8.76. The lowest BCUT2D eigenvalue weighted by Crippen LogP contribution is -2.28. The molecule has 0 aliphatic carbocycles. The zero-order chi connectivity index (χ0) is 13.0. The highest BCUT2D eigenvalue weighted by Gasteiger charge is 2.19. The Kier molecular flexibility index (Phi) is 4.46. The first-order valence-electron chi connectivity index (χ1n) is 7.33. The summed E-state index contributed by atoms with van der Waals surface area (Å²) in [4.78, 5) is 2.45. The Morgan fingerprint density at radius 1 is 1.17 bits per heavy atom. The van der Waals surface area contributed by atoms with Gasteiger partial charge in [0.1, 0.15) is 0 Å². The Hall–Kier alpha value is -1.24. The Labute approximate surface area is 112 Å². The van der Waals surface area contributed by atoms with Gasteiger partial charge in [-0.25, -0.2) is 0 Å². The molecule has 0 spiro atoms. The fraction of sp³-hybridized carbons (Fsp3) is 0.529. The van der Waals surface area contributed by atoms with E-state index in [4.69, 9.17) is 0 Å². The Morgan fingerprint density at radius 3 is 2.72 bits per heavy atom. The molecule has 0 atom stereocenters. The van der Waals surface area contributed by atoms with Crippen LogP contribution in [0.1, 0.15) is 50.7 Å². The van der Waals surface area contributed by atoms with Crippen LogP contribution in [-0.4, -0.2) is 6.54 Å². The molecule has 0 saturated heterocycles. The number of aryl methyl sites for hydroxylation is 2. The van der Waals surface area contributed by atoms with E-state index in [0.717, 1.165) is 25.8 Å². The monoisotopic (exact) mass is 243 g/mol. The lowest BCUT2D eigenvalue weighted by Gasteiger charge is -2.33. The van der Waals surface area contributed by atoms with E-state index < -0.39 is 0 Å². The Bertz CT molecular complexity index is 420. The van der Waals surface area contributed by atoms with Crippen molar-refractivity contribution in [1.82, 2.24) is 0 Å². The molecule has 0 unspecified atom stereocenters. The van der Waals surface area contributed by atoms with Gasteiger partial charge in [-0.3, -0.25) is 0 Å². The molecular formula is C17H25N. The van der Waals surface area contributed by atoms with E-state index in [2.05, 4.69) is 43.5 Å². The number of anilines is 1. The van der Waals surface area contributed by atoms with Gasteiger partial charge >= 0.3 is 0 Å². The number of benzene rings is 1. The molecule has 1 heteroatoms. The van der Waals surface area contributed by atoms with Crippen molar-refractivity contribution >= 4 is 5.69 Å². The topological polar surface area (TPSA) is 3.24 Å². The summed E-state index contributed by atoms with van der Waals surface area (Å²) in [6, 6.07) is 6.95. The highest BCUT2D eigenvalue weighted by molar-refractivity contribution is 5.61. The third-order valence-corrected chi connectivity index (χ3v) is 3.90.